The standard InChI is InChI=1S/C14H20N2O5S2/c1-3-22(18,19)15-7-9-16(10-8-15)23(20,21)14-6-4-5-13(11-14)12(2)17/h4-6,11H,3,7-10H2,1-2H3. The van der Waals surface area contributed by atoms with Crippen molar-refractivity contribution in [3.8, 4) is 0 Å². The van der Waals surface area contributed by atoms with Gasteiger partial charge in [-0.1, -0.05) is 12.1 Å². The Hall–Kier alpha value is -1.29. The van der Waals surface area contributed by atoms with E-state index >= 15 is 0 Å². The smallest absolute Gasteiger partial charge is 0.243 e. The molecule has 1 fully saturated rings. The first-order valence-electron chi connectivity index (χ1n) is 7.27. The Morgan fingerprint density at radius 1 is 1.04 bits per heavy atom. The SMILES string of the molecule is CCS(=O)(=O)N1CCN(S(=O)(=O)c2cccc(C(C)=O)c2)CC1. The molecule has 7 nitrogen and oxygen atoms in total. The Labute approximate surface area is 137 Å². The molecule has 0 amide bonds. The van der Waals surface area contributed by atoms with E-state index < -0.39 is 20.0 Å². The van der Waals surface area contributed by atoms with E-state index in [1.165, 1.54) is 33.7 Å². The quantitative estimate of drug-likeness (QED) is 0.715. The zero-order valence-corrected chi connectivity index (χ0v) is 14.7. The lowest BCUT2D eigenvalue weighted by atomic mass is 10.2. The molecule has 9 heteroatoms. The number of piperazine rings is 1. The van der Waals surface area contributed by atoms with Crippen molar-refractivity contribution >= 4 is 25.8 Å². The topological polar surface area (TPSA) is 91.8 Å². The maximum Gasteiger partial charge on any atom is 0.243 e. The maximum absolute atomic E-state index is 12.6. The van der Waals surface area contributed by atoms with Crippen molar-refractivity contribution in [2.75, 3.05) is 31.9 Å². The van der Waals surface area contributed by atoms with Crippen LogP contribution < -0.4 is 0 Å². The van der Waals surface area contributed by atoms with Gasteiger partial charge in [0.1, 0.15) is 0 Å². The number of ketones is 1. The number of hydrogen-bond donors (Lipinski definition) is 0. The van der Waals surface area contributed by atoms with Gasteiger partial charge in [-0.25, -0.2) is 16.8 Å². The summed E-state index contributed by atoms with van der Waals surface area (Å²) >= 11 is 0. The van der Waals surface area contributed by atoms with Crippen LogP contribution in [0, 0.1) is 0 Å². The molecule has 0 unspecified atom stereocenters. The molecule has 128 valence electrons. The van der Waals surface area contributed by atoms with E-state index in [2.05, 4.69) is 0 Å². The van der Waals surface area contributed by atoms with Gasteiger partial charge < -0.3 is 0 Å². The Balaban J connectivity index is 2.20. The van der Waals surface area contributed by atoms with Gasteiger partial charge in [0.05, 0.1) is 10.6 Å². The fourth-order valence-electron chi connectivity index (χ4n) is 2.40. The lowest BCUT2D eigenvalue weighted by Gasteiger charge is -2.33. The zero-order chi connectivity index (χ0) is 17.3. The predicted octanol–water partition coefficient (Wildman–Crippen LogP) is 0.545. The predicted molar refractivity (Wildman–Crippen MR) is 86.2 cm³/mol. The third-order valence-corrected chi connectivity index (χ3v) is 7.61. The van der Waals surface area contributed by atoms with Gasteiger partial charge in [0.25, 0.3) is 0 Å². The largest absolute Gasteiger partial charge is 0.295 e. The summed E-state index contributed by atoms with van der Waals surface area (Å²) < 4.78 is 51.5. The fourth-order valence-corrected chi connectivity index (χ4v) is 4.95. The number of rotatable bonds is 5. The van der Waals surface area contributed by atoms with Crippen molar-refractivity contribution in [3.05, 3.63) is 29.8 Å². The Bertz CT molecular complexity index is 794. The van der Waals surface area contributed by atoms with E-state index in [0.717, 1.165) is 0 Å². The molecule has 0 radical (unpaired) electrons. The molecule has 0 spiro atoms. The summed E-state index contributed by atoms with van der Waals surface area (Å²) in [6, 6.07) is 5.89. The second kappa shape index (κ2) is 6.68. The summed E-state index contributed by atoms with van der Waals surface area (Å²) in [4.78, 5) is 11.5. The summed E-state index contributed by atoms with van der Waals surface area (Å²) in [7, 11) is -7.04. The molecule has 0 atom stereocenters. The Morgan fingerprint density at radius 3 is 2.13 bits per heavy atom. The first kappa shape index (κ1) is 18.1. The molecule has 1 aromatic carbocycles. The van der Waals surface area contributed by atoms with Gasteiger partial charge in [0.2, 0.25) is 20.0 Å². The van der Waals surface area contributed by atoms with Crippen LogP contribution in [0.3, 0.4) is 0 Å². The molecule has 0 aliphatic carbocycles. The van der Waals surface area contributed by atoms with Crippen molar-refractivity contribution in [3.63, 3.8) is 0 Å². The van der Waals surface area contributed by atoms with Crippen molar-refractivity contribution in [2.24, 2.45) is 0 Å². The van der Waals surface area contributed by atoms with Crippen LogP contribution in [0.1, 0.15) is 24.2 Å². The van der Waals surface area contributed by atoms with E-state index in [9.17, 15) is 21.6 Å². The molecule has 0 bridgehead atoms. The van der Waals surface area contributed by atoms with E-state index in [-0.39, 0.29) is 42.6 Å². The van der Waals surface area contributed by atoms with Crippen molar-refractivity contribution in [2.45, 2.75) is 18.7 Å². The molecule has 1 aromatic rings. The summed E-state index contributed by atoms with van der Waals surface area (Å²) in [5.41, 5.74) is 0.332. The zero-order valence-electron chi connectivity index (χ0n) is 13.1. The highest BCUT2D eigenvalue weighted by Gasteiger charge is 2.32. The highest BCUT2D eigenvalue weighted by Crippen LogP contribution is 2.20. The summed E-state index contributed by atoms with van der Waals surface area (Å²) in [5.74, 6) is -0.207. The molecule has 1 aliphatic rings. The number of carbonyl (C=O) groups excluding carboxylic acids is 1. The Morgan fingerprint density at radius 2 is 1.61 bits per heavy atom. The van der Waals surface area contributed by atoms with Crippen LogP contribution >= 0.6 is 0 Å². The van der Waals surface area contributed by atoms with E-state index in [4.69, 9.17) is 0 Å². The number of nitrogens with zero attached hydrogens (tertiary/aromatic N) is 2. The van der Waals surface area contributed by atoms with Crippen LogP contribution in [-0.4, -0.2) is 63.2 Å². The average Bonchev–Trinajstić information content (AvgIpc) is 2.55. The molecule has 0 aromatic heterocycles. The summed E-state index contributed by atoms with van der Waals surface area (Å²) in [5, 5.41) is 0. The minimum Gasteiger partial charge on any atom is -0.295 e. The molecule has 0 N–H and O–H groups in total. The molecular formula is C14H20N2O5S2. The van der Waals surface area contributed by atoms with E-state index in [0.29, 0.717) is 5.56 Å². The number of Topliss-reactive ketones (excluding diaryl/α,β-unsaturated/α-hetero) is 1. The van der Waals surface area contributed by atoms with Crippen LogP contribution in [0.4, 0.5) is 0 Å². The van der Waals surface area contributed by atoms with Gasteiger partial charge in [-0.15, -0.1) is 0 Å². The van der Waals surface area contributed by atoms with Gasteiger partial charge in [0, 0.05) is 31.7 Å². The van der Waals surface area contributed by atoms with Crippen molar-refractivity contribution < 1.29 is 21.6 Å². The van der Waals surface area contributed by atoms with Crippen LogP contribution in [0.15, 0.2) is 29.2 Å². The average molecular weight is 360 g/mol. The third-order valence-electron chi connectivity index (χ3n) is 3.83. The summed E-state index contributed by atoms with van der Waals surface area (Å²) in [6.45, 7) is 3.42. The normalized spacial score (nSPS) is 18.0. The van der Waals surface area contributed by atoms with Gasteiger partial charge in [-0.3, -0.25) is 4.79 Å². The van der Waals surface area contributed by atoms with E-state index in [1.54, 1.807) is 13.0 Å². The van der Waals surface area contributed by atoms with Gasteiger partial charge in [-0.05, 0) is 26.0 Å². The molecule has 1 aliphatic heterocycles. The minimum absolute atomic E-state index is 0.000404. The number of sulfonamides is 2. The van der Waals surface area contributed by atoms with Crippen LogP contribution in [0.2, 0.25) is 0 Å². The highest BCUT2D eigenvalue weighted by molar-refractivity contribution is 7.89. The third kappa shape index (κ3) is 3.79. The minimum atomic E-state index is -3.73. The molecule has 1 saturated heterocycles. The molecule has 1 heterocycles. The van der Waals surface area contributed by atoms with Crippen molar-refractivity contribution in [1.29, 1.82) is 0 Å². The second-order valence-corrected chi connectivity index (χ2v) is 9.48. The van der Waals surface area contributed by atoms with Gasteiger partial charge in [-0.2, -0.15) is 8.61 Å². The van der Waals surface area contributed by atoms with Gasteiger partial charge in [0.15, 0.2) is 5.78 Å². The Kier molecular flexibility index (Phi) is 5.24. The number of carbonyl (C=O) groups is 1. The van der Waals surface area contributed by atoms with Crippen LogP contribution in [-0.2, 0) is 20.0 Å². The molecule has 2 rings (SSSR count). The number of hydrogen-bond acceptors (Lipinski definition) is 5. The van der Waals surface area contributed by atoms with Gasteiger partial charge >= 0.3 is 0 Å². The fraction of sp³-hybridized carbons (Fsp3) is 0.500. The van der Waals surface area contributed by atoms with Crippen LogP contribution in [0.25, 0.3) is 0 Å². The first-order valence-corrected chi connectivity index (χ1v) is 10.3. The van der Waals surface area contributed by atoms with Crippen molar-refractivity contribution in [1.82, 2.24) is 8.61 Å². The molecule has 23 heavy (non-hydrogen) atoms. The second-order valence-electron chi connectivity index (χ2n) is 5.29. The van der Waals surface area contributed by atoms with E-state index in [1.807, 2.05) is 0 Å². The first-order chi connectivity index (χ1) is 10.7. The highest BCUT2D eigenvalue weighted by atomic mass is 32.2. The lowest BCUT2D eigenvalue weighted by molar-refractivity contribution is 0.101. The number of benzene rings is 1. The maximum atomic E-state index is 12.6. The summed E-state index contributed by atoms with van der Waals surface area (Å²) in [6.07, 6.45) is 0. The monoisotopic (exact) mass is 360 g/mol. The molecular weight excluding hydrogens is 340 g/mol. The van der Waals surface area contributed by atoms with Crippen LogP contribution in [0.5, 0.6) is 0 Å². The lowest BCUT2D eigenvalue weighted by Crippen LogP contribution is -2.50. The molecule has 0 saturated carbocycles.